The zero-order chi connectivity index (χ0) is 60.8. The molecule has 364 valence electrons. The average molecular weight is 1130 g/mol. The fourth-order valence-corrected chi connectivity index (χ4v) is 9.13. The molecule has 1 N–H and O–H groups in total. The number of benzene rings is 7. The number of rotatable bonds is 9. The van der Waals surface area contributed by atoms with Crippen molar-refractivity contribution in [1.82, 2.24) is 14.5 Å². The average Bonchev–Trinajstić information content (AvgIpc) is 0.778. The molecule has 7 aromatic carbocycles. The molecular weight excluding hydrogens is 1050 g/mol. The molecule has 0 aliphatic rings. The van der Waals surface area contributed by atoms with Gasteiger partial charge in [-0.15, -0.1) is 29.3 Å². The van der Waals surface area contributed by atoms with Gasteiger partial charge in [-0.1, -0.05) is 210 Å². The van der Waals surface area contributed by atoms with Crippen LogP contribution in [0.15, 0.2) is 158 Å². The molecule has 0 spiro atoms. The molecule has 0 amide bonds. The first-order valence-electron chi connectivity index (χ1n) is 30.4. The number of phenols is 1. The number of hydrogen-bond acceptors (Lipinski definition) is 3. The molecule has 5 heteroatoms. The van der Waals surface area contributed by atoms with Crippen LogP contribution in [-0.2, 0) is 37.3 Å². The minimum Gasteiger partial charge on any atom is -0.507 e. The number of fused-ring (bicyclic) bond motifs is 1. The van der Waals surface area contributed by atoms with Crippen molar-refractivity contribution in [3.05, 3.63) is 192 Å². The summed E-state index contributed by atoms with van der Waals surface area (Å²) in [4.78, 5) is 10.4. The zero-order valence-corrected chi connectivity index (χ0v) is 44.2. The summed E-state index contributed by atoms with van der Waals surface area (Å²) in [7, 11) is 0. The van der Waals surface area contributed by atoms with Crippen molar-refractivity contribution in [2.45, 2.75) is 118 Å². The molecule has 0 aliphatic heterocycles. The van der Waals surface area contributed by atoms with Crippen LogP contribution in [0.2, 0.25) is 0 Å². The van der Waals surface area contributed by atoms with Crippen LogP contribution in [0, 0.1) is 6.07 Å². The second-order valence-corrected chi connectivity index (χ2v) is 21.0. The third kappa shape index (κ3) is 10.2. The minimum absolute atomic E-state index is 0. The second kappa shape index (κ2) is 19.7. The van der Waals surface area contributed by atoms with Crippen molar-refractivity contribution in [3.8, 4) is 78.6 Å². The third-order valence-corrected chi connectivity index (χ3v) is 13.1. The SMILES string of the molecule is [2H]c1c([2H])c(C(C([2H])([2H])[2H])(C([2H])([2H])[2H])C([2H])([2H])[2H])c([2H])c([2H])c1-c1ccnc(-c2[c-]c(-c3cccc4c3nc(-c3cc(C(C)C)cc(C(C)C)c3O)n4-c3cc(-c4ccccc4)c(C(C)(C)C)cc3-c3ccccc3)cc(C(C)(C)C)c2)c1.[Pt]. The van der Waals surface area contributed by atoms with E-state index < -0.39 is 61.1 Å². The Labute approximate surface area is 455 Å². The Morgan fingerprint density at radius 2 is 1.23 bits per heavy atom. The van der Waals surface area contributed by atoms with Crippen LogP contribution >= 0.6 is 0 Å². The largest absolute Gasteiger partial charge is 0.507 e. The minimum atomic E-state index is -3.82. The third-order valence-electron chi connectivity index (χ3n) is 13.1. The molecule has 0 saturated carbocycles. The molecule has 0 unspecified atom stereocenters. The summed E-state index contributed by atoms with van der Waals surface area (Å²) in [5.41, 5.74) is 6.90. The zero-order valence-electron chi connectivity index (χ0n) is 55.0. The second-order valence-electron chi connectivity index (χ2n) is 21.0. The van der Waals surface area contributed by atoms with E-state index in [1.54, 1.807) is 6.07 Å². The molecule has 9 aromatic rings. The smallest absolute Gasteiger partial charge is 0.148 e. The first kappa shape index (κ1) is 36.6. The summed E-state index contributed by atoms with van der Waals surface area (Å²) in [6.45, 7) is 9.84. The number of aromatic hydroxyl groups is 1. The van der Waals surface area contributed by atoms with Crippen LogP contribution in [0.25, 0.3) is 83.9 Å². The molecule has 0 aliphatic carbocycles. The van der Waals surface area contributed by atoms with Crippen molar-refractivity contribution >= 4 is 11.0 Å². The van der Waals surface area contributed by atoms with Gasteiger partial charge in [-0.2, -0.15) is 0 Å². The molecule has 4 nitrogen and oxygen atoms in total. The van der Waals surface area contributed by atoms with Crippen molar-refractivity contribution in [2.24, 2.45) is 0 Å². The Hall–Kier alpha value is -6.35. The Kier molecular flexibility index (Phi) is 10.1. The van der Waals surface area contributed by atoms with Gasteiger partial charge < -0.3 is 5.11 Å². The molecule has 0 atom stereocenters. The van der Waals surface area contributed by atoms with E-state index in [-0.39, 0.29) is 55.2 Å². The van der Waals surface area contributed by atoms with Gasteiger partial charge in [-0.3, -0.25) is 9.55 Å². The predicted molar refractivity (Wildman–Crippen MR) is 296 cm³/mol. The van der Waals surface area contributed by atoms with Gasteiger partial charge in [0.1, 0.15) is 11.6 Å². The van der Waals surface area contributed by atoms with E-state index in [2.05, 4.69) is 128 Å². The van der Waals surface area contributed by atoms with Crippen molar-refractivity contribution in [2.75, 3.05) is 0 Å². The molecule has 2 heterocycles. The maximum absolute atomic E-state index is 12.6. The molecule has 0 fully saturated rings. The van der Waals surface area contributed by atoms with E-state index in [0.717, 1.165) is 55.7 Å². The number of pyridine rings is 1. The summed E-state index contributed by atoms with van der Waals surface area (Å²) >= 11 is 0. The summed E-state index contributed by atoms with van der Waals surface area (Å²) in [5, 5.41) is 12.6. The summed E-state index contributed by atoms with van der Waals surface area (Å²) < 4.78 is 113. The number of imidazole rings is 1. The number of para-hydroxylation sites is 1. The molecule has 0 saturated heterocycles. The molecule has 0 radical (unpaired) electrons. The first-order valence-corrected chi connectivity index (χ1v) is 23.9. The maximum Gasteiger partial charge on any atom is 0.148 e. The summed E-state index contributed by atoms with van der Waals surface area (Å²) in [6.07, 6.45) is 1.43. The van der Waals surface area contributed by atoms with Gasteiger partial charge in [0.2, 0.25) is 0 Å². The Morgan fingerprint density at radius 3 is 1.83 bits per heavy atom. The van der Waals surface area contributed by atoms with Crippen LogP contribution in [0.1, 0.15) is 147 Å². The van der Waals surface area contributed by atoms with Crippen LogP contribution in [0.5, 0.6) is 5.75 Å². The molecule has 2 aromatic heterocycles. The van der Waals surface area contributed by atoms with Gasteiger partial charge in [0, 0.05) is 50.9 Å². The van der Waals surface area contributed by atoms with Gasteiger partial charge in [0.25, 0.3) is 0 Å². The Bertz CT molecular complexity index is 3900. The fraction of sp³-hybridized carbons (Fsp3) is 0.273. The van der Waals surface area contributed by atoms with Gasteiger partial charge in [-0.05, 0) is 108 Å². The van der Waals surface area contributed by atoms with Crippen molar-refractivity contribution in [3.63, 3.8) is 0 Å². The Balaban J connectivity index is 0.00000920. The van der Waals surface area contributed by atoms with E-state index >= 15 is 0 Å². The van der Waals surface area contributed by atoms with E-state index in [1.165, 1.54) is 12.3 Å². The topological polar surface area (TPSA) is 50.9 Å². The summed E-state index contributed by atoms with van der Waals surface area (Å²) in [5.74, 6) is 0.747. The molecule has 71 heavy (non-hydrogen) atoms. The number of aromatic nitrogens is 3. The van der Waals surface area contributed by atoms with E-state index in [0.29, 0.717) is 39.3 Å². The van der Waals surface area contributed by atoms with Crippen LogP contribution in [-0.4, -0.2) is 19.6 Å². The van der Waals surface area contributed by atoms with Crippen LogP contribution in [0.4, 0.5) is 0 Å². The number of phenolic OH excluding ortho intramolecular Hbond substituents is 1. The number of hydrogen-bond donors (Lipinski definition) is 1. The standard InChI is InChI=1S/C66H68N3O.Pt/c1-41(2)47-36-53(42(3)4)62(70)56(37-47)63-68-61-52(48-33-49(35-51(34-48)65(8,9)10)58-38-46(31-32-67-58)43-27-29-50(30-28-43)64(5,6)7)25-20-26-59(61)69(63)60-40-54(44-21-16-14-17-22-44)57(66(11,12)13)39-55(60)45-23-18-15-19-24-45;/h14-32,34-42,70H,1-13H3;/q-1;/i5D3,6D3,7D3,27D,28D,29D,30D;. The summed E-state index contributed by atoms with van der Waals surface area (Å²) in [6, 6.07) is 42.1. The van der Waals surface area contributed by atoms with Gasteiger partial charge in [0.15, 0.2) is 0 Å². The fourth-order valence-electron chi connectivity index (χ4n) is 9.13. The monoisotopic (exact) mass is 1130 g/mol. The molecule has 0 bridgehead atoms. The predicted octanol–water partition coefficient (Wildman–Crippen LogP) is 18.1. The van der Waals surface area contributed by atoms with Crippen LogP contribution in [0.3, 0.4) is 0 Å². The quantitative estimate of drug-likeness (QED) is 0.147. The maximum atomic E-state index is 12.6. The van der Waals surface area contributed by atoms with Gasteiger partial charge >= 0.3 is 0 Å². The van der Waals surface area contributed by atoms with Crippen molar-refractivity contribution in [1.29, 1.82) is 0 Å². The number of nitrogens with zero attached hydrogens (tertiary/aromatic N) is 3. The van der Waals surface area contributed by atoms with Gasteiger partial charge in [-0.25, -0.2) is 4.98 Å². The van der Waals surface area contributed by atoms with Crippen LogP contribution < -0.4 is 0 Å². The van der Waals surface area contributed by atoms with E-state index in [9.17, 15) is 7.85 Å². The van der Waals surface area contributed by atoms with E-state index in [1.807, 2.05) is 66.7 Å². The van der Waals surface area contributed by atoms with Crippen molar-refractivity contribution < 1.29 is 44.0 Å². The van der Waals surface area contributed by atoms with Gasteiger partial charge in [0.05, 0.1) is 27.8 Å². The normalized spacial score (nSPS) is 15.4. The first-order chi connectivity index (χ1) is 38.6. The molecular formula is C66H68N3OPt-. The molecule has 9 rings (SSSR count). The van der Waals surface area contributed by atoms with E-state index in [4.69, 9.17) is 25.0 Å². The Morgan fingerprint density at radius 1 is 0.577 bits per heavy atom.